The third-order valence-corrected chi connectivity index (χ3v) is 4.77. The van der Waals surface area contributed by atoms with E-state index in [0.717, 1.165) is 41.8 Å². The number of carbonyl (C=O) groups excluding carboxylic acids is 1. The van der Waals surface area contributed by atoms with Crippen molar-refractivity contribution in [2.24, 2.45) is 5.92 Å². The van der Waals surface area contributed by atoms with E-state index in [9.17, 15) is 4.79 Å². The maximum absolute atomic E-state index is 12.8. The Hall–Kier alpha value is -1.55. The molecule has 1 aliphatic carbocycles. The van der Waals surface area contributed by atoms with Crippen molar-refractivity contribution >= 4 is 11.6 Å². The summed E-state index contributed by atoms with van der Waals surface area (Å²) in [6, 6.07) is 3.93. The first-order valence-electron chi connectivity index (χ1n) is 8.52. The lowest BCUT2D eigenvalue weighted by molar-refractivity contribution is -0.143. The summed E-state index contributed by atoms with van der Waals surface area (Å²) in [6.45, 7) is 8.80. The molecule has 0 unspecified atom stereocenters. The van der Waals surface area contributed by atoms with Gasteiger partial charge in [0.25, 0.3) is 5.91 Å². The molecule has 0 radical (unpaired) electrons. The molecule has 1 aromatic carbocycles. The van der Waals surface area contributed by atoms with Gasteiger partial charge in [0.15, 0.2) is 0 Å². The summed E-state index contributed by atoms with van der Waals surface area (Å²) < 4.78 is 11.3. The summed E-state index contributed by atoms with van der Waals surface area (Å²) in [5, 5.41) is 3.06. The molecule has 1 fully saturated rings. The van der Waals surface area contributed by atoms with E-state index in [4.69, 9.17) is 9.47 Å². The van der Waals surface area contributed by atoms with Gasteiger partial charge in [0.1, 0.15) is 11.4 Å². The number of ether oxygens (including phenoxy) is 2. The number of methoxy groups -OCH3 is 1. The number of rotatable bonds is 5. The standard InChI is InChI=1S/C19H29NO3/c1-6-23-17-14(3)10-16(11-15(17)4)20-18(21)19(22-5)9-7-8-13(2)12-19/h10-11,13H,6-9,12H2,1-5H3,(H,20,21)/t13-,19+/m1/s1. The lowest BCUT2D eigenvalue weighted by Crippen LogP contribution is -2.47. The molecule has 0 aliphatic heterocycles. The topological polar surface area (TPSA) is 47.6 Å². The normalized spacial score (nSPS) is 24.3. The molecule has 0 aromatic heterocycles. The van der Waals surface area contributed by atoms with Gasteiger partial charge in [0.2, 0.25) is 0 Å². The van der Waals surface area contributed by atoms with Crippen LogP contribution in [0.5, 0.6) is 5.75 Å². The molecule has 1 aliphatic rings. The minimum absolute atomic E-state index is 0.0329. The summed E-state index contributed by atoms with van der Waals surface area (Å²) >= 11 is 0. The molecule has 128 valence electrons. The minimum Gasteiger partial charge on any atom is -0.493 e. The molecule has 1 N–H and O–H groups in total. The van der Waals surface area contributed by atoms with Crippen LogP contribution < -0.4 is 10.1 Å². The number of carbonyl (C=O) groups is 1. The van der Waals surface area contributed by atoms with Crippen LogP contribution in [0.25, 0.3) is 0 Å². The zero-order valence-electron chi connectivity index (χ0n) is 15.0. The van der Waals surface area contributed by atoms with Gasteiger partial charge in [0, 0.05) is 12.8 Å². The van der Waals surface area contributed by atoms with E-state index < -0.39 is 5.60 Å². The van der Waals surface area contributed by atoms with Gasteiger partial charge in [-0.3, -0.25) is 4.79 Å². The van der Waals surface area contributed by atoms with Crippen LogP contribution in [-0.2, 0) is 9.53 Å². The van der Waals surface area contributed by atoms with Gasteiger partial charge in [-0.05, 0) is 69.2 Å². The summed E-state index contributed by atoms with van der Waals surface area (Å²) in [6.07, 6.45) is 3.77. The zero-order valence-corrected chi connectivity index (χ0v) is 15.0. The Balaban J connectivity index is 2.19. The molecule has 1 saturated carbocycles. The van der Waals surface area contributed by atoms with Crippen molar-refractivity contribution in [3.63, 3.8) is 0 Å². The quantitative estimate of drug-likeness (QED) is 0.883. The van der Waals surface area contributed by atoms with Crippen LogP contribution in [0.4, 0.5) is 5.69 Å². The minimum atomic E-state index is -0.696. The molecule has 2 rings (SSSR count). The maximum atomic E-state index is 12.8. The Morgan fingerprint density at radius 3 is 2.52 bits per heavy atom. The summed E-state index contributed by atoms with van der Waals surface area (Å²) in [7, 11) is 1.65. The van der Waals surface area contributed by atoms with Gasteiger partial charge in [-0.15, -0.1) is 0 Å². The van der Waals surface area contributed by atoms with Crippen LogP contribution in [0.15, 0.2) is 12.1 Å². The van der Waals surface area contributed by atoms with Crippen LogP contribution in [0, 0.1) is 19.8 Å². The van der Waals surface area contributed by atoms with E-state index in [0.29, 0.717) is 12.5 Å². The smallest absolute Gasteiger partial charge is 0.256 e. The van der Waals surface area contributed by atoms with Crippen LogP contribution in [0.2, 0.25) is 0 Å². The number of anilines is 1. The summed E-state index contributed by atoms with van der Waals surface area (Å²) in [5.41, 5.74) is 2.18. The highest BCUT2D eigenvalue weighted by Crippen LogP contribution is 2.36. The van der Waals surface area contributed by atoms with Gasteiger partial charge in [-0.2, -0.15) is 0 Å². The average Bonchev–Trinajstić information content (AvgIpc) is 2.50. The summed E-state index contributed by atoms with van der Waals surface area (Å²) in [4.78, 5) is 12.8. The van der Waals surface area contributed by atoms with E-state index in [2.05, 4.69) is 12.2 Å². The van der Waals surface area contributed by atoms with Crippen LogP contribution >= 0.6 is 0 Å². The molecular formula is C19H29NO3. The largest absolute Gasteiger partial charge is 0.493 e. The van der Waals surface area contributed by atoms with E-state index in [1.807, 2.05) is 32.9 Å². The predicted octanol–water partition coefficient (Wildman–Crippen LogP) is 4.24. The van der Waals surface area contributed by atoms with E-state index in [-0.39, 0.29) is 5.91 Å². The molecule has 1 amide bonds. The van der Waals surface area contributed by atoms with E-state index >= 15 is 0 Å². The third-order valence-electron chi connectivity index (χ3n) is 4.77. The first kappa shape index (κ1) is 17.8. The van der Waals surface area contributed by atoms with Gasteiger partial charge >= 0.3 is 0 Å². The molecule has 2 atom stereocenters. The Morgan fingerprint density at radius 2 is 2.00 bits per heavy atom. The first-order chi connectivity index (χ1) is 10.9. The average molecular weight is 319 g/mol. The number of amides is 1. The molecule has 1 aromatic rings. The number of hydrogen-bond donors (Lipinski definition) is 1. The predicted molar refractivity (Wildman–Crippen MR) is 93.1 cm³/mol. The Morgan fingerprint density at radius 1 is 1.35 bits per heavy atom. The van der Waals surface area contributed by atoms with E-state index in [1.54, 1.807) is 7.11 Å². The lowest BCUT2D eigenvalue weighted by Gasteiger charge is -2.37. The highest BCUT2D eigenvalue weighted by atomic mass is 16.5. The van der Waals surface area contributed by atoms with Crippen molar-refractivity contribution in [1.82, 2.24) is 0 Å². The molecular weight excluding hydrogens is 290 g/mol. The Kier molecular flexibility index (Phi) is 5.69. The third kappa shape index (κ3) is 3.86. The molecule has 23 heavy (non-hydrogen) atoms. The molecule has 4 heteroatoms. The maximum Gasteiger partial charge on any atom is 0.256 e. The van der Waals surface area contributed by atoms with Crippen molar-refractivity contribution in [1.29, 1.82) is 0 Å². The molecule has 0 saturated heterocycles. The molecule has 0 bridgehead atoms. The fraction of sp³-hybridized carbons (Fsp3) is 0.632. The van der Waals surface area contributed by atoms with Crippen molar-refractivity contribution in [2.75, 3.05) is 19.0 Å². The van der Waals surface area contributed by atoms with Crippen LogP contribution in [0.1, 0.15) is 50.7 Å². The molecule has 0 spiro atoms. The second-order valence-electron chi connectivity index (χ2n) is 6.73. The van der Waals surface area contributed by atoms with Gasteiger partial charge < -0.3 is 14.8 Å². The second kappa shape index (κ2) is 7.35. The fourth-order valence-corrected chi connectivity index (χ4v) is 3.63. The number of aryl methyl sites for hydroxylation is 2. The SMILES string of the molecule is CCOc1c(C)cc(NC(=O)[C@]2(OC)CCC[C@@H](C)C2)cc1C. The number of hydrogen-bond acceptors (Lipinski definition) is 3. The fourth-order valence-electron chi connectivity index (χ4n) is 3.63. The monoisotopic (exact) mass is 319 g/mol. The Bertz CT molecular complexity index is 547. The zero-order chi connectivity index (χ0) is 17.0. The van der Waals surface area contributed by atoms with Crippen LogP contribution in [-0.4, -0.2) is 25.2 Å². The second-order valence-corrected chi connectivity index (χ2v) is 6.73. The van der Waals surface area contributed by atoms with Crippen molar-refractivity contribution < 1.29 is 14.3 Å². The number of nitrogens with one attached hydrogen (secondary N) is 1. The molecule has 0 heterocycles. The van der Waals surface area contributed by atoms with Crippen molar-refractivity contribution in [3.05, 3.63) is 23.3 Å². The van der Waals surface area contributed by atoms with Gasteiger partial charge in [0.05, 0.1) is 6.61 Å². The van der Waals surface area contributed by atoms with Crippen molar-refractivity contribution in [3.8, 4) is 5.75 Å². The highest BCUT2D eigenvalue weighted by Gasteiger charge is 2.42. The van der Waals surface area contributed by atoms with E-state index in [1.165, 1.54) is 6.42 Å². The van der Waals surface area contributed by atoms with Gasteiger partial charge in [-0.25, -0.2) is 0 Å². The molecule has 4 nitrogen and oxygen atoms in total. The first-order valence-corrected chi connectivity index (χ1v) is 8.52. The lowest BCUT2D eigenvalue weighted by atomic mass is 9.78. The highest BCUT2D eigenvalue weighted by molar-refractivity contribution is 5.97. The Labute approximate surface area is 139 Å². The number of benzene rings is 1. The van der Waals surface area contributed by atoms with Crippen LogP contribution in [0.3, 0.4) is 0 Å². The van der Waals surface area contributed by atoms with Gasteiger partial charge in [-0.1, -0.05) is 13.3 Å². The van der Waals surface area contributed by atoms with Crippen molar-refractivity contribution in [2.45, 2.75) is 59.0 Å². The summed E-state index contributed by atoms with van der Waals surface area (Å²) in [5.74, 6) is 1.38.